The Morgan fingerprint density at radius 2 is 2.26 bits per heavy atom. The molecule has 0 radical (unpaired) electrons. The number of ether oxygens (including phenoxy) is 1. The molecular weight excluding hydrogens is 246 g/mol. The molecule has 1 aromatic heterocycles. The second kappa shape index (κ2) is 4.34. The molecule has 1 aliphatic rings. The minimum Gasteiger partial charge on any atom is -0.489 e. The minimum absolute atomic E-state index is 0.0640. The van der Waals surface area contributed by atoms with Gasteiger partial charge in [0.05, 0.1) is 5.56 Å². The van der Waals surface area contributed by atoms with Gasteiger partial charge < -0.3 is 4.74 Å². The Kier molecular flexibility index (Phi) is 2.66. The van der Waals surface area contributed by atoms with E-state index in [1.54, 1.807) is 6.07 Å². The van der Waals surface area contributed by atoms with Crippen molar-refractivity contribution in [1.29, 1.82) is 0 Å². The van der Waals surface area contributed by atoms with Crippen molar-refractivity contribution in [2.75, 3.05) is 5.32 Å². The highest BCUT2D eigenvalue weighted by Gasteiger charge is 2.31. The molecule has 0 aliphatic carbocycles. The summed E-state index contributed by atoms with van der Waals surface area (Å²) < 4.78 is 5.77. The van der Waals surface area contributed by atoms with Crippen molar-refractivity contribution in [2.24, 2.45) is 0 Å². The number of nitrogens with one attached hydrogen (secondary N) is 2. The van der Waals surface area contributed by atoms with E-state index in [0.29, 0.717) is 11.3 Å². The molecule has 7 heteroatoms. The zero-order valence-electron chi connectivity index (χ0n) is 10.5. The van der Waals surface area contributed by atoms with E-state index in [4.69, 9.17) is 4.74 Å². The summed E-state index contributed by atoms with van der Waals surface area (Å²) in [6.07, 6.45) is 0.0640. The fourth-order valence-corrected chi connectivity index (χ4v) is 2.15. The van der Waals surface area contributed by atoms with Crippen LogP contribution in [-0.2, 0) is 0 Å². The summed E-state index contributed by atoms with van der Waals surface area (Å²) in [5, 5.41) is 15.6. The number of anilines is 1. The van der Waals surface area contributed by atoms with E-state index in [-0.39, 0.29) is 23.9 Å². The Balaban J connectivity index is 1.92. The first kappa shape index (κ1) is 11.6. The highest BCUT2D eigenvalue weighted by molar-refractivity contribution is 6.05. The first-order valence-corrected chi connectivity index (χ1v) is 6.01. The Hall–Kier alpha value is -2.44. The first-order valence-electron chi connectivity index (χ1n) is 6.01. The van der Waals surface area contributed by atoms with E-state index in [1.165, 1.54) is 0 Å². The van der Waals surface area contributed by atoms with Crippen LogP contribution in [0.5, 0.6) is 5.75 Å². The molecule has 3 rings (SSSR count). The molecule has 7 nitrogen and oxygen atoms in total. The van der Waals surface area contributed by atoms with Gasteiger partial charge in [0.25, 0.3) is 11.9 Å². The van der Waals surface area contributed by atoms with Crippen molar-refractivity contribution in [3.63, 3.8) is 0 Å². The van der Waals surface area contributed by atoms with Gasteiger partial charge in [0.1, 0.15) is 11.9 Å². The van der Waals surface area contributed by atoms with Crippen molar-refractivity contribution in [1.82, 2.24) is 20.6 Å². The molecule has 0 fully saturated rings. The third-order valence-electron chi connectivity index (χ3n) is 3.36. The Bertz CT molecular complexity index is 611. The average molecular weight is 259 g/mol. The number of aromatic amines is 1. The number of hydrogen-bond donors (Lipinski definition) is 2. The van der Waals surface area contributed by atoms with Crippen LogP contribution >= 0.6 is 0 Å². The SMILES string of the molecule is C[C@H]1Oc2c(C(=O)Nc3nn[nH]n3)cccc2[C@@H]1C. The lowest BCUT2D eigenvalue weighted by Crippen LogP contribution is -2.15. The van der Waals surface area contributed by atoms with Gasteiger partial charge in [-0.25, -0.2) is 0 Å². The molecule has 0 saturated carbocycles. The predicted octanol–water partition coefficient (Wildman–Crippen LogP) is 1.34. The average Bonchev–Trinajstić information content (AvgIpc) is 2.99. The molecule has 0 bridgehead atoms. The van der Waals surface area contributed by atoms with Crippen LogP contribution in [0.15, 0.2) is 18.2 Å². The van der Waals surface area contributed by atoms with Crippen molar-refractivity contribution >= 4 is 11.9 Å². The molecule has 1 amide bonds. The van der Waals surface area contributed by atoms with Crippen molar-refractivity contribution in [3.8, 4) is 5.75 Å². The lowest BCUT2D eigenvalue weighted by atomic mass is 9.97. The molecule has 1 aromatic carbocycles. The number of hydrogen-bond acceptors (Lipinski definition) is 5. The van der Waals surface area contributed by atoms with Crippen molar-refractivity contribution in [3.05, 3.63) is 29.3 Å². The number of carbonyl (C=O) groups excluding carboxylic acids is 1. The van der Waals surface area contributed by atoms with Crippen LogP contribution in [-0.4, -0.2) is 32.6 Å². The summed E-state index contributed by atoms with van der Waals surface area (Å²) in [7, 11) is 0. The van der Waals surface area contributed by atoms with Gasteiger partial charge in [0.2, 0.25) is 0 Å². The number of rotatable bonds is 2. The zero-order chi connectivity index (χ0) is 13.4. The Morgan fingerprint density at radius 1 is 1.42 bits per heavy atom. The second-order valence-electron chi connectivity index (χ2n) is 4.53. The maximum Gasteiger partial charge on any atom is 0.270 e. The number of para-hydroxylation sites is 1. The van der Waals surface area contributed by atoms with Gasteiger partial charge >= 0.3 is 0 Å². The van der Waals surface area contributed by atoms with E-state index < -0.39 is 0 Å². The van der Waals surface area contributed by atoms with Gasteiger partial charge in [-0.15, -0.1) is 5.10 Å². The number of fused-ring (bicyclic) bond motifs is 1. The molecular formula is C12H13N5O2. The smallest absolute Gasteiger partial charge is 0.270 e. The van der Waals surface area contributed by atoms with E-state index in [9.17, 15) is 4.79 Å². The topological polar surface area (TPSA) is 92.8 Å². The van der Waals surface area contributed by atoms with Crippen LogP contribution in [0.1, 0.15) is 35.7 Å². The van der Waals surface area contributed by atoms with Crippen LogP contribution in [0.25, 0.3) is 0 Å². The third kappa shape index (κ3) is 1.92. The Morgan fingerprint density at radius 3 is 3.00 bits per heavy atom. The van der Waals surface area contributed by atoms with Gasteiger partial charge in [-0.3, -0.25) is 10.1 Å². The molecule has 19 heavy (non-hydrogen) atoms. The van der Waals surface area contributed by atoms with Gasteiger partial charge in [0.15, 0.2) is 0 Å². The lowest BCUT2D eigenvalue weighted by Gasteiger charge is -2.08. The zero-order valence-corrected chi connectivity index (χ0v) is 10.5. The molecule has 2 atom stereocenters. The van der Waals surface area contributed by atoms with Crippen LogP contribution in [0, 0.1) is 0 Å². The summed E-state index contributed by atoms with van der Waals surface area (Å²) in [6.45, 7) is 4.07. The molecule has 98 valence electrons. The number of aromatic nitrogens is 4. The number of benzene rings is 1. The largest absolute Gasteiger partial charge is 0.489 e. The monoisotopic (exact) mass is 259 g/mol. The highest BCUT2D eigenvalue weighted by Crippen LogP contribution is 2.40. The first-order chi connectivity index (χ1) is 9.16. The molecule has 1 aliphatic heterocycles. The fraction of sp³-hybridized carbons (Fsp3) is 0.333. The number of tetrazole rings is 1. The molecule has 0 spiro atoms. The van der Waals surface area contributed by atoms with Crippen molar-refractivity contribution in [2.45, 2.75) is 25.9 Å². The van der Waals surface area contributed by atoms with Crippen LogP contribution in [0.4, 0.5) is 5.95 Å². The molecule has 2 heterocycles. The normalized spacial score (nSPS) is 20.7. The maximum atomic E-state index is 12.2. The van der Waals surface area contributed by atoms with Gasteiger partial charge in [-0.05, 0) is 18.2 Å². The Labute approximate surface area is 109 Å². The van der Waals surface area contributed by atoms with E-state index >= 15 is 0 Å². The van der Waals surface area contributed by atoms with Crippen LogP contribution in [0.3, 0.4) is 0 Å². The van der Waals surface area contributed by atoms with Crippen LogP contribution < -0.4 is 10.1 Å². The molecule has 0 saturated heterocycles. The summed E-state index contributed by atoms with van der Waals surface area (Å²) in [5.41, 5.74) is 1.53. The number of nitrogens with zero attached hydrogens (tertiary/aromatic N) is 3. The standard InChI is InChI=1S/C12H13N5O2/c1-6-7(2)19-10-8(6)4-3-5-9(10)11(18)13-12-14-16-17-15-12/h3-7H,1-2H3,(H2,13,14,15,16,17,18)/t6-,7-/m1/s1. The number of amides is 1. The molecule has 2 N–H and O–H groups in total. The maximum absolute atomic E-state index is 12.2. The van der Waals surface area contributed by atoms with Crippen LogP contribution in [0.2, 0.25) is 0 Å². The summed E-state index contributed by atoms with van der Waals surface area (Å²) >= 11 is 0. The minimum atomic E-state index is -0.306. The number of H-pyrrole nitrogens is 1. The summed E-state index contributed by atoms with van der Waals surface area (Å²) in [4.78, 5) is 12.2. The van der Waals surface area contributed by atoms with Crippen molar-refractivity contribution < 1.29 is 9.53 Å². The number of carbonyl (C=O) groups is 1. The summed E-state index contributed by atoms with van der Waals surface area (Å²) in [5.74, 6) is 0.748. The van der Waals surface area contributed by atoms with E-state index in [0.717, 1.165) is 5.56 Å². The summed E-state index contributed by atoms with van der Waals surface area (Å²) in [6, 6.07) is 5.55. The third-order valence-corrected chi connectivity index (χ3v) is 3.36. The quantitative estimate of drug-likeness (QED) is 0.848. The lowest BCUT2D eigenvalue weighted by molar-refractivity contribution is 0.102. The second-order valence-corrected chi connectivity index (χ2v) is 4.53. The highest BCUT2D eigenvalue weighted by atomic mass is 16.5. The fourth-order valence-electron chi connectivity index (χ4n) is 2.15. The molecule has 0 unspecified atom stereocenters. The van der Waals surface area contributed by atoms with Gasteiger partial charge in [-0.1, -0.05) is 24.2 Å². The van der Waals surface area contributed by atoms with E-state index in [1.807, 2.05) is 19.1 Å². The van der Waals surface area contributed by atoms with E-state index in [2.05, 4.69) is 32.9 Å². The molecule has 2 aromatic rings. The van der Waals surface area contributed by atoms with Gasteiger partial charge in [0, 0.05) is 11.5 Å². The predicted molar refractivity (Wildman–Crippen MR) is 67.1 cm³/mol. The van der Waals surface area contributed by atoms with Gasteiger partial charge in [-0.2, -0.15) is 5.21 Å².